The molecular weight excluding hydrogens is 296 g/mol. The zero-order valence-corrected chi connectivity index (χ0v) is 14.9. The van der Waals surface area contributed by atoms with E-state index in [0.29, 0.717) is 5.92 Å². The number of allylic oxidation sites excluding steroid dienone is 5. The van der Waals surface area contributed by atoms with Gasteiger partial charge in [-0.15, -0.1) is 0 Å². The summed E-state index contributed by atoms with van der Waals surface area (Å²) in [6, 6.07) is 7.99. The van der Waals surface area contributed by atoms with Gasteiger partial charge in [0.05, 0.1) is 0 Å². The number of carbonyl (C=O) groups excluding carboxylic acids is 1. The van der Waals surface area contributed by atoms with Gasteiger partial charge in [-0.25, -0.2) is 0 Å². The number of hydrogen-bond donors (Lipinski definition) is 2. The number of nitrogen functional groups attached to an aromatic ring is 1. The van der Waals surface area contributed by atoms with Crippen molar-refractivity contribution in [1.29, 1.82) is 0 Å². The first-order valence-corrected chi connectivity index (χ1v) is 8.68. The Labute approximate surface area is 146 Å². The Kier molecular flexibility index (Phi) is 10.0. The van der Waals surface area contributed by atoms with E-state index in [1.54, 1.807) is 12.2 Å². The fourth-order valence-electron chi connectivity index (χ4n) is 2.03. The van der Waals surface area contributed by atoms with E-state index in [0.717, 1.165) is 37.9 Å². The molecule has 1 rings (SSSR count). The number of amides is 1. The minimum absolute atomic E-state index is 0.0287. The van der Waals surface area contributed by atoms with Crippen LogP contribution in [0, 0.1) is 5.92 Å². The summed E-state index contributed by atoms with van der Waals surface area (Å²) in [5.41, 5.74) is 7.75. The maximum absolute atomic E-state index is 11.4. The lowest BCUT2D eigenvalue weighted by Crippen LogP contribution is -2.25. The van der Waals surface area contributed by atoms with Gasteiger partial charge >= 0.3 is 0 Å². The zero-order chi connectivity index (χ0) is 17.6. The largest absolute Gasteiger partial charge is 0.399 e. The maximum atomic E-state index is 11.4. The fourth-order valence-corrected chi connectivity index (χ4v) is 2.03. The number of hydrogen-bond acceptors (Lipinski definition) is 2. The van der Waals surface area contributed by atoms with Crippen LogP contribution in [0.5, 0.6) is 0 Å². The fraction of sp³-hybridized carbons (Fsp3) is 0.381. The van der Waals surface area contributed by atoms with E-state index in [1.807, 2.05) is 18.2 Å². The number of nitrogens with two attached hydrogens (primary N) is 1. The monoisotopic (exact) mass is 326 g/mol. The molecule has 0 aromatic heterocycles. The molecule has 1 aromatic rings. The van der Waals surface area contributed by atoms with E-state index < -0.39 is 0 Å². The van der Waals surface area contributed by atoms with Gasteiger partial charge in [-0.05, 0) is 49.3 Å². The highest BCUT2D eigenvalue weighted by molar-refractivity contribution is 5.87. The van der Waals surface area contributed by atoms with Crippen molar-refractivity contribution >= 4 is 11.6 Å². The SMILES string of the molecule is CC(C)CNC(=O)/C=C/C=C/CCC/C=C/Cc1ccc(N)cc1. The van der Waals surface area contributed by atoms with Crippen molar-refractivity contribution in [3.8, 4) is 0 Å². The van der Waals surface area contributed by atoms with Gasteiger partial charge in [-0.2, -0.15) is 0 Å². The lowest BCUT2D eigenvalue weighted by Gasteiger charge is -2.03. The number of carbonyl (C=O) groups is 1. The highest BCUT2D eigenvalue weighted by atomic mass is 16.1. The molecule has 1 amide bonds. The molecule has 0 aliphatic rings. The zero-order valence-electron chi connectivity index (χ0n) is 14.9. The molecule has 0 aliphatic heterocycles. The third kappa shape index (κ3) is 10.4. The van der Waals surface area contributed by atoms with Crippen LogP contribution >= 0.6 is 0 Å². The summed E-state index contributed by atoms with van der Waals surface area (Å²) in [5, 5.41) is 2.85. The molecule has 0 aliphatic carbocycles. The Morgan fingerprint density at radius 2 is 1.79 bits per heavy atom. The second kappa shape index (κ2) is 12.2. The Morgan fingerprint density at radius 1 is 1.08 bits per heavy atom. The van der Waals surface area contributed by atoms with Crippen LogP contribution < -0.4 is 11.1 Å². The molecule has 0 spiro atoms. The number of anilines is 1. The summed E-state index contributed by atoms with van der Waals surface area (Å²) < 4.78 is 0. The number of benzene rings is 1. The van der Waals surface area contributed by atoms with Gasteiger partial charge in [0.2, 0.25) is 5.91 Å². The lowest BCUT2D eigenvalue weighted by molar-refractivity contribution is -0.116. The van der Waals surface area contributed by atoms with E-state index in [4.69, 9.17) is 5.73 Å². The van der Waals surface area contributed by atoms with Crippen molar-refractivity contribution in [1.82, 2.24) is 5.32 Å². The first-order chi connectivity index (χ1) is 11.6. The van der Waals surface area contributed by atoms with E-state index in [-0.39, 0.29) is 5.91 Å². The minimum atomic E-state index is -0.0287. The topological polar surface area (TPSA) is 55.1 Å². The van der Waals surface area contributed by atoms with Gasteiger partial charge in [0.1, 0.15) is 0 Å². The van der Waals surface area contributed by atoms with Crippen LogP contribution in [0.1, 0.15) is 38.7 Å². The minimum Gasteiger partial charge on any atom is -0.399 e. The van der Waals surface area contributed by atoms with Crippen LogP contribution in [0.25, 0.3) is 0 Å². The first kappa shape index (κ1) is 19.8. The molecule has 0 unspecified atom stereocenters. The predicted octanol–water partition coefficient (Wildman–Crippen LogP) is 4.42. The molecule has 3 nitrogen and oxygen atoms in total. The van der Waals surface area contributed by atoms with Crippen molar-refractivity contribution in [3.05, 3.63) is 66.3 Å². The number of nitrogens with one attached hydrogen (secondary N) is 1. The molecule has 0 fully saturated rings. The summed E-state index contributed by atoms with van der Waals surface area (Å²) in [4.78, 5) is 11.4. The Hall–Kier alpha value is -2.29. The van der Waals surface area contributed by atoms with Gasteiger partial charge in [0.25, 0.3) is 0 Å². The molecular formula is C21H30N2O. The van der Waals surface area contributed by atoms with Crippen molar-refractivity contribution in [2.75, 3.05) is 12.3 Å². The summed E-state index contributed by atoms with van der Waals surface area (Å²) in [6.07, 6.45) is 16.0. The third-order valence-electron chi connectivity index (χ3n) is 3.42. The Balaban J connectivity index is 2.07. The van der Waals surface area contributed by atoms with Crippen LogP contribution in [0.2, 0.25) is 0 Å². The number of unbranched alkanes of at least 4 members (excludes halogenated alkanes) is 2. The quantitative estimate of drug-likeness (QED) is 0.220. The highest BCUT2D eigenvalue weighted by Crippen LogP contribution is 2.07. The van der Waals surface area contributed by atoms with Gasteiger partial charge in [-0.3, -0.25) is 4.79 Å². The van der Waals surface area contributed by atoms with Crippen molar-refractivity contribution < 1.29 is 4.79 Å². The second-order valence-electron chi connectivity index (χ2n) is 6.27. The van der Waals surface area contributed by atoms with Gasteiger partial charge in [0.15, 0.2) is 0 Å². The second-order valence-corrected chi connectivity index (χ2v) is 6.27. The number of rotatable bonds is 10. The average molecular weight is 326 g/mol. The van der Waals surface area contributed by atoms with Gasteiger partial charge < -0.3 is 11.1 Å². The Morgan fingerprint density at radius 3 is 2.50 bits per heavy atom. The molecule has 24 heavy (non-hydrogen) atoms. The summed E-state index contributed by atoms with van der Waals surface area (Å²) >= 11 is 0. The summed E-state index contributed by atoms with van der Waals surface area (Å²) in [6.45, 7) is 4.87. The van der Waals surface area contributed by atoms with Crippen LogP contribution in [0.4, 0.5) is 5.69 Å². The lowest BCUT2D eigenvalue weighted by atomic mass is 10.1. The average Bonchev–Trinajstić information content (AvgIpc) is 2.56. The maximum Gasteiger partial charge on any atom is 0.243 e. The third-order valence-corrected chi connectivity index (χ3v) is 3.42. The first-order valence-electron chi connectivity index (χ1n) is 8.68. The molecule has 0 bridgehead atoms. The summed E-state index contributed by atoms with van der Waals surface area (Å²) in [5.74, 6) is 0.449. The van der Waals surface area contributed by atoms with E-state index >= 15 is 0 Å². The molecule has 0 saturated carbocycles. The molecule has 130 valence electrons. The molecule has 1 aromatic carbocycles. The molecule has 0 heterocycles. The molecule has 3 N–H and O–H groups in total. The van der Waals surface area contributed by atoms with Crippen LogP contribution in [0.3, 0.4) is 0 Å². The van der Waals surface area contributed by atoms with Crippen LogP contribution in [-0.2, 0) is 11.2 Å². The van der Waals surface area contributed by atoms with Gasteiger partial charge in [0, 0.05) is 18.3 Å². The van der Waals surface area contributed by atoms with Crippen molar-refractivity contribution in [3.63, 3.8) is 0 Å². The normalized spacial score (nSPS) is 12.0. The smallest absolute Gasteiger partial charge is 0.243 e. The van der Waals surface area contributed by atoms with Crippen LogP contribution in [-0.4, -0.2) is 12.5 Å². The molecule has 0 atom stereocenters. The van der Waals surface area contributed by atoms with Crippen molar-refractivity contribution in [2.45, 2.75) is 39.5 Å². The Bertz CT molecular complexity index is 554. The highest BCUT2D eigenvalue weighted by Gasteiger charge is 1.95. The van der Waals surface area contributed by atoms with Crippen LogP contribution in [0.15, 0.2) is 60.7 Å². The van der Waals surface area contributed by atoms with E-state index in [1.165, 1.54) is 5.56 Å². The molecule has 0 saturated heterocycles. The standard InChI is InChI=1S/C21H30N2O/c1-18(2)17-23-21(24)12-10-8-6-4-3-5-7-9-11-19-13-15-20(22)16-14-19/h6-10,12-16,18H,3-5,11,17,22H2,1-2H3,(H,23,24)/b8-6+,9-7+,12-10+. The van der Waals surface area contributed by atoms with Gasteiger partial charge in [-0.1, -0.05) is 56.4 Å². The predicted molar refractivity (Wildman–Crippen MR) is 104 cm³/mol. The van der Waals surface area contributed by atoms with Crippen molar-refractivity contribution in [2.24, 2.45) is 5.92 Å². The van der Waals surface area contributed by atoms with E-state index in [9.17, 15) is 4.79 Å². The molecule has 0 radical (unpaired) electrons. The summed E-state index contributed by atoms with van der Waals surface area (Å²) in [7, 11) is 0. The molecule has 3 heteroatoms. The van der Waals surface area contributed by atoms with E-state index in [2.05, 4.69) is 49.5 Å².